The van der Waals surface area contributed by atoms with E-state index in [0.29, 0.717) is 11.7 Å². The van der Waals surface area contributed by atoms with Gasteiger partial charge in [-0.15, -0.1) is 11.3 Å². The van der Waals surface area contributed by atoms with Crippen LogP contribution in [0.1, 0.15) is 46.4 Å². The highest BCUT2D eigenvalue weighted by molar-refractivity contribution is 7.10. The number of aliphatic hydroxyl groups excluding tert-OH is 1. The number of aliphatic hydroxyl groups is 1. The first-order valence-corrected chi connectivity index (χ1v) is 9.27. The Morgan fingerprint density at radius 1 is 1.46 bits per heavy atom. The van der Waals surface area contributed by atoms with Crippen LogP contribution >= 0.6 is 11.3 Å². The predicted molar refractivity (Wildman–Crippen MR) is 96.1 cm³/mol. The van der Waals surface area contributed by atoms with Crippen LogP contribution in [-0.2, 0) is 6.54 Å². The van der Waals surface area contributed by atoms with E-state index in [2.05, 4.69) is 9.88 Å². The Labute approximate surface area is 146 Å². The lowest BCUT2D eigenvalue weighted by molar-refractivity contribution is 0.0822. The summed E-state index contributed by atoms with van der Waals surface area (Å²) in [6, 6.07) is 8.21. The second kappa shape index (κ2) is 7.51. The van der Waals surface area contributed by atoms with Gasteiger partial charge < -0.3 is 15.0 Å². The fraction of sp³-hybridized carbons (Fsp3) is 0.500. The van der Waals surface area contributed by atoms with E-state index >= 15 is 0 Å². The molecule has 1 amide bonds. The molecule has 1 aliphatic heterocycles. The second-order valence-corrected chi connectivity index (χ2v) is 7.61. The first-order valence-electron chi connectivity index (χ1n) is 8.39. The molecular weight excluding hydrogens is 322 g/mol. The maximum atomic E-state index is 12.0. The summed E-state index contributed by atoms with van der Waals surface area (Å²) in [7, 11) is 3.51. The normalized spacial score (nSPS) is 19.5. The predicted octanol–water partition coefficient (Wildman–Crippen LogP) is 2.87. The zero-order valence-electron chi connectivity index (χ0n) is 14.2. The molecule has 0 radical (unpaired) electrons. The van der Waals surface area contributed by atoms with Gasteiger partial charge in [-0.25, -0.2) is 0 Å². The Morgan fingerprint density at radius 2 is 2.29 bits per heavy atom. The molecule has 0 aliphatic carbocycles. The summed E-state index contributed by atoms with van der Waals surface area (Å²) in [5, 5.41) is 12.4. The molecule has 3 rings (SSSR count). The lowest BCUT2D eigenvalue weighted by atomic mass is 10.1. The number of rotatable bonds is 6. The van der Waals surface area contributed by atoms with Crippen molar-refractivity contribution in [3.05, 3.63) is 45.9 Å². The van der Waals surface area contributed by atoms with Crippen molar-refractivity contribution >= 4 is 17.2 Å². The quantitative estimate of drug-likeness (QED) is 0.845. The minimum Gasteiger partial charge on any atom is -0.388 e. The van der Waals surface area contributed by atoms with Gasteiger partial charge in [0, 0.05) is 37.3 Å². The summed E-state index contributed by atoms with van der Waals surface area (Å²) in [5.74, 6) is -0.00709. The lowest BCUT2D eigenvalue weighted by Gasteiger charge is -2.25. The van der Waals surface area contributed by atoms with Crippen molar-refractivity contribution in [2.75, 3.05) is 20.6 Å². The van der Waals surface area contributed by atoms with Gasteiger partial charge in [-0.05, 0) is 49.4 Å². The molecule has 1 saturated heterocycles. The van der Waals surface area contributed by atoms with Crippen molar-refractivity contribution in [2.45, 2.75) is 38.0 Å². The number of thiophene rings is 1. The summed E-state index contributed by atoms with van der Waals surface area (Å²) in [6.45, 7) is 1.83. The molecule has 0 aromatic carbocycles. The van der Waals surface area contributed by atoms with Crippen molar-refractivity contribution < 1.29 is 9.90 Å². The number of nitrogens with one attached hydrogen (secondary N) is 1. The summed E-state index contributed by atoms with van der Waals surface area (Å²) in [5.41, 5.74) is 1.68. The summed E-state index contributed by atoms with van der Waals surface area (Å²) < 4.78 is 0. The highest BCUT2D eigenvalue weighted by Crippen LogP contribution is 2.30. The average Bonchev–Trinajstić information content (AvgIpc) is 3.28. The largest absolute Gasteiger partial charge is 0.388 e. The highest BCUT2D eigenvalue weighted by Gasteiger charge is 2.28. The summed E-state index contributed by atoms with van der Waals surface area (Å²) in [4.78, 5) is 20.2. The van der Waals surface area contributed by atoms with Crippen molar-refractivity contribution in [2.24, 2.45) is 0 Å². The fourth-order valence-electron chi connectivity index (χ4n) is 3.34. The molecule has 6 heteroatoms. The zero-order valence-corrected chi connectivity index (χ0v) is 15.1. The number of H-pyrrole nitrogens is 1. The SMILES string of the molecule is CN(C)C(=O)c1ccc(CN2CCCC2CC(O)c2cccs2)[nH]1. The number of likely N-dealkylation sites (tertiary alicyclic amines) is 1. The van der Waals surface area contributed by atoms with Crippen molar-refractivity contribution in [1.29, 1.82) is 0 Å². The van der Waals surface area contributed by atoms with Gasteiger partial charge in [-0.2, -0.15) is 0 Å². The van der Waals surface area contributed by atoms with E-state index in [0.717, 1.165) is 42.9 Å². The Morgan fingerprint density at radius 3 is 3.00 bits per heavy atom. The number of nitrogens with zero attached hydrogens (tertiary/aromatic N) is 2. The maximum absolute atomic E-state index is 12.0. The molecular formula is C18H25N3O2S. The molecule has 5 nitrogen and oxygen atoms in total. The van der Waals surface area contributed by atoms with Gasteiger partial charge in [0.1, 0.15) is 5.69 Å². The van der Waals surface area contributed by atoms with E-state index in [1.165, 1.54) is 0 Å². The fourth-order valence-corrected chi connectivity index (χ4v) is 4.07. The molecule has 2 aromatic heterocycles. The Balaban J connectivity index is 1.61. The third kappa shape index (κ3) is 3.88. The molecule has 0 bridgehead atoms. The first kappa shape index (κ1) is 17.2. The van der Waals surface area contributed by atoms with Crippen LogP contribution in [0.5, 0.6) is 0 Å². The first-order chi connectivity index (χ1) is 11.5. The number of hydrogen-bond donors (Lipinski definition) is 2. The number of aromatic amines is 1. The second-order valence-electron chi connectivity index (χ2n) is 6.63. The van der Waals surface area contributed by atoms with Gasteiger partial charge in [0.05, 0.1) is 6.10 Å². The molecule has 0 saturated carbocycles. The summed E-state index contributed by atoms with van der Waals surface area (Å²) >= 11 is 1.61. The number of aromatic nitrogens is 1. The molecule has 2 unspecified atom stereocenters. The van der Waals surface area contributed by atoms with E-state index in [4.69, 9.17) is 0 Å². The molecule has 1 fully saturated rings. The molecule has 1 aliphatic rings. The Kier molecular flexibility index (Phi) is 5.38. The van der Waals surface area contributed by atoms with Gasteiger partial charge in [-0.1, -0.05) is 6.07 Å². The van der Waals surface area contributed by atoms with E-state index in [1.807, 2.05) is 29.6 Å². The minimum atomic E-state index is -0.384. The molecule has 130 valence electrons. The maximum Gasteiger partial charge on any atom is 0.269 e. The number of amides is 1. The van der Waals surface area contributed by atoms with Gasteiger partial charge in [0.25, 0.3) is 5.91 Å². The number of hydrogen-bond acceptors (Lipinski definition) is 4. The van der Waals surface area contributed by atoms with Crippen LogP contribution in [0.4, 0.5) is 0 Å². The summed E-state index contributed by atoms with van der Waals surface area (Å²) in [6.07, 6.45) is 2.66. The van der Waals surface area contributed by atoms with Crippen LogP contribution in [0.2, 0.25) is 0 Å². The van der Waals surface area contributed by atoms with Gasteiger partial charge in [-0.3, -0.25) is 9.69 Å². The average molecular weight is 347 g/mol. The number of carbonyl (C=O) groups excluding carboxylic acids is 1. The Bertz CT molecular complexity index is 666. The topological polar surface area (TPSA) is 59.6 Å². The van der Waals surface area contributed by atoms with E-state index < -0.39 is 0 Å². The van der Waals surface area contributed by atoms with Crippen LogP contribution in [0.15, 0.2) is 29.6 Å². The standard InChI is InChI=1S/C18H25N3O2S/c1-20(2)18(23)15-8-7-13(19-15)12-21-9-3-5-14(21)11-16(22)17-6-4-10-24-17/h4,6-8,10,14,16,19,22H,3,5,9,11-12H2,1-2H3. The van der Waals surface area contributed by atoms with E-state index in [1.54, 1.807) is 30.3 Å². The molecule has 2 N–H and O–H groups in total. The van der Waals surface area contributed by atoms with Gasteiger partial charge >= 0.3 is 0 Å². The van der Waals surface area contributed by atoms with Crippen LogP contribution in [0.25, 0.3) is 0 Å². The van der Waals surface area contributed by atoms with E-state index in [-0.39, 0.29) is 12.0 Å². The highest BCUT2D eigenvalue weighted by atomic mass is 32.1. The van der Waals surface area contributed by atoms with Gasteiger partial charge in [0.15, 0.2) is 0 Å². The molecule has 2 aromatic rings. The molecule has 24 heavy (non-hydrogen) atoms. The van der Waals surface area contributed by atoms with E-state index in [9.17, 15) is 9.90 Å². The van der Waals surface area contributed by atoms with Crippen LogP contribution in [-0.4, -0.2) is 52.5 Å². The lowest BCUT2D eigenvalue weighted by Crippen LogP contribution is -2.30. The molecule has 2 atom stereocenters. The van der Waals surface area contributed by atoms with Crippen LogP contribution < -0.4 is 0 Å². The number of carbonyl (C=O) groups is 1. The molecule has 3 heterocycles. The van der Waals surface area contributed by atoms with Gasteiger partial charge in [0.2, 0.25) is 0 Å². The van der Waals surface area contributed by atoms with Crippen molar-refractivity contribution in [3.8, 4) is 0 Å². The third-order valence-electron chi connectivity index (χ3n) is 4.62. The van der Waals surface area contributed by atoms with Crippen LogP contribution in [0.3, 0.4) is 0 Å². The van der Waals surface area contributed by atoms with Crippen LogP contribution in [0, 0.1) is 0 Å². The smallest absolute Gasteiger partial charge is 0.269 e. The van der Waals surface area contributed by atoms with Crippen molar-refractivity contribution in [3.63, 3.8) is 0 Å². The Hall–Kier alpha value is -1.63. The third-order valence-corrected chi connectivity index (χ3v) is 5.60. The minimum absolute atomic E-state index is 0.00709. The monoisotopic (exact) mass is 347 g/mol. The van der Waals surface area contributed by atoms with Crippen molar-refractivity contribution in [1.82, 2.24) is 14.8 Å². The zero-order chi connectivity index (χ0) is 17.1. The molecule has 0 spiro atoms.